The molecule has 14 heavy (non-hydrogen) atoms. The third-order valence-electron chi connectivity index (χ3n) is 2.37. The summed E-state index contributed by atoms with van der Waals surface area (Å²) in [6, 6.07) is 8.21. The molecule has 2 heteroatoms. The molecule has 0 radical (unpaired) electrons. The highest BCUT2D eigenvalue weighted by molar-refractivity contribution is 5.66. The Hall–Kier alpha value is -1.54. The van der Waals surface area contributed by atoms with Crippen molar-refractivity contribution in [2.24, 2.45) is 5.73 Å². The molecular weight excluding hydrogens is 174 g/mol. The lowest BCUT2D eigenvalue weighted by Gasteiger charge is -2.05. The van der Waals surface area contributed by atoms with Crippen molar-refractivity contribution in [3.05, 3.63) is 47.9 Å². The van der Waals surface area contributed by atoms with Gasteiger partial charge in [-0.3, -0.25) is 0 Å². The number of aryl methyl sites for hydroxylation is 1. The topological polar surface area (TPSA) is 39.2 Å². The van der Waals surface area contributed by atoms with Crippen LogP contribution in [0.4, 0.5) is 0 Å². The van der Waals surface area contributed by atoms with Gasteiger partial charge in [0.1, 0.15) is 0 Å². The minimum absolute atomic E-state index is 0.575. The molecule has 0 bridgehead atoms. The predicted molar refractivity (Wildman–Crippen MR) is 56.8 cm³/mol. The molecule has 1 heterocycles. The third-order valence-corrected chi connectivity index (χ3v) is 2.37. The van der Waals surface area contributed by atoms with Gasteiger partial charge in [-0.05, 0) is 35.7 Å². The largest absolute Gasteiger partial charge is 0.472 e. The quantitative estimate of drug-likeness (QED) is 0.785. The van der Waals surface area contributed by atoms with Gasteiger partial charge in [-0.15, -0.1) is 0 Å². The predicted octanol–water partition coefficient (Wildman–Crippen LogP) is 2.71. The molecule has 1 aromatic carbocycles. The fourth-order valence-electron chi connectivity index (χ4n) is 1.52. The summed E-state index contributed by atoms with van der Waals surface area (Å²) in [4.78, 5) is 0. The standard InChI is InChI=1S/C12H13NO/c1-9-2-3-10(7-13)6-12(9)11-4-5-14-8-11/h2-6,8H,7,13H2,1H3. The molecule has 2 aromatic rings. The lowest BCUT2D eigenvalue weighted by Crippen LogP contribution is -1.96. The van der Waals surface area contributed by atoms with Crippen LogP contribution in [0.15, 0.2) is 41.2 Å². The van der Waals surface area contributed by atoms with E-state index < -0.39 is 0 Å². The number of hydrogen-bond donors (Lipinski definition) is 1. The van der Waals surface area contributed by atoms with Gasteiger partial charge in [0.05, 0.1) is 12.5 Å². The van der Waals surface area contributed by atoms with E-state index >= 15 is 0 Å². The third kappa shape index (κ3) is 1.56. The molecule has 0 aliphatic carbocycles. The highest BCUT2D eigenvalue weighted by atomic mass is 16.3. The van der Waals surface area contributed by atoms with Crippen LogP contribution >= 0.6 is 0 Å². The lowest BCUT2D eigenvalue weighted by molar-refractivity contribution is 0.568. The van der Waals surface area contributed by atoms with Crippen LogP contribution in [-0.4, -0.2) is 0 Å². The number of hydrogen-bond acceptors (Lipinski definition) is 2. The van der Waals surface area contributed by atoms with E-state index in [1.807, 2.05) is 6.07 Å². The van der Waals surface area contributed by atoms with Crippen molar-refractivity contribution >= 4 is 0 Å². The zero-order chi connectivity index (χ0) is 9.97. The van der Waals surface area contributed by atoms with Crippen LogP contribution in [0.1, 0.15) is 11.1 Å². The van der Waals surface area contributed by atoms with Crippen LogP contribution in [-0.2, 0) is 6.54 Å². The first-order valence-corrected chi connectivity index (χ1v) is 4.63. The van der Waals surface area contributed by atoms with Gasteiger partial charge in [-0.25, -0.2) is 0 Å². The summed E-state index contributed by atoms with van der Waals surface area (Å²) >= 11 is 0. The Morgan fingerprint density at radius 1 is 1.29 bits per heavy atom. The first-order valence-electron chi connectivity index (χ1n) is 4.63. The van der Waals surface area contributed by atoms with Crippen LogP contribution in [0.25, 0.3) is 11.1 Å². The van der Waals surface area contributed by atoms with Crippen LogP contribution < -0.4 is 5.73 Å². The molecule has 0 unspecified atom stereocenters. The van der Waals surface area contributed by atoms with Gasteiger partial charge in [0.25, 0.3) is 0 Å². The highest BCUT2D eigenvalue weighted by Crippen LogP contribution is 2.24. The molecule has 2 N–H and O–H groups in total. The lowest BCUT2D eigenvalue weighted by atomic mass is 10.0. The molecule has 0 saturated heterocycles. The Kier molecular flexibility index (Phi) is 2.37. The molecular formula is C12H13NO. The summed E-state index contributed by atoms with van der Waals surface area (Å²) in [6.45, 7) is 2.66. The SMILES string of the molecule is Cc1ccc(CN)cc1-c1ccoc1. The molecule has 0 fully saturated rings. The van der Waals surface area contributed by atoms with Gasteiger partial charge in [0, 0.05) is 12.1 Å². The first-order chi connectivity index (χ1) is 6.81. The Morgan fingerprint density at radius 2 is 2.14 bits per heavy atom. The average Bonchev–Trinajstić information content (AvgIpc) is 2.71. The van der Waals surface area contributed by atoms with Gasteiger partial charge in [0.2, 0.25) is 0 Å². The fraction of sp³-hybridized carbons (Fsp3) is 0.167. The average molecular weight is 187 g/mol. The summed E-state index contributed by atoms with van der Waals surface area (Å²) in [6.07, 6.45) is 3.44. The van der Waals surface area contributed by atoms with E-state index in [4.69, 9.17) is 10.2 Å². The summed E-state index contributed by atoms with van der Waals surface area (Å²) in [5, 5.41) is 0. The van der Waals surface area contributed by atoms with Gasteiger partial charge < -0.3 is 10.2 Å². The van der Waals surface area contributed by atoms with Crippen molar-refractivity contribution in [2.75, 3.05) is 0 Å². The second kappa shape index (κ2) is 3.68. The molecule has 0 atom stereocenters. The van der Waals surface area contributed by atoms with Gasteiger partial charge >= 0.3 is 0 Å². The summed E-state index contributed by atoms with van der Waals surface area (Å²) in [5.74, 6) is 0. The van der Waals surface area contributed by atoms with E-state index in [-0.39, 0.29) is 0 Å². The Labute approximate surface area is 83.4 Å². The molecule has 0 amide bonds. The van der Waals surface area contributed by atoms with Crippen LogP contribution in [0.5, 0.6) is 0 Å². The van der Waals surface area contributed by atoms with Crippen LogP contribution in [0, 0.1) is 6.92 Å². The molecule has 0 aliphatic rings. The van der Waals surface area contributed by atoms with Gasteiger partial charge in [-0.2, -0.15) is 0 Å². The van der Waals surface area contributed by atoms with E-state index in [0.29, 0.717) is 6.54 Å². The second-order valence-corrected chi connectivity index (χ2v) is 3.37. The van der Waals surface area contributed by atoms with Crippen LogP contribution in [0.3, 0.4) is 0 Å². The molecule has 2 rings (SSSR count). The Bertz CT molecular complexity index is 418. The molecule has 72 valence electrons. The second-order valence-electron chi connectivity index (χ2n) is 3.37. The molecule has 0 saturated carbocycles. The maximum Gasteiger partial charge on any atom is 0.0981 e. The first kappa shape index (κ1) is 9.03. The van der Waals surface area contributed by atoms with Crippen molar-refractivity contribution in [2.45, 2.75) is 13.5 Å². The Balaban J connectivity index is 2.51. The van der Waals surface area contributed by atoms with Crippen LogP contribution in [0.2, 0.25) is 0 Å². The van der Waals surface area contributed by atoms with Crippen molar-refractivity contribution in [3.8, 4) is 11.1 Å². The number of furan rings is 1. The maximum atomic E-state index is 5.60. The van der Waals surface area contributed by atoms with E-state index in [1.165, 1.54) is 11.1 Å². The monoisotopic (exact) mass is 187 g/mol. The Morgan fingerprint density at radius 3 is 2.79 bits per heavy atom. The van der Waals surface area contributed by atoms with Crippen molar-refractivity contribution in [1.29, 1.82) is 0 Å². The zero-order valence-electron chi connectivity index (χ0n) is 8.16. The zero-order valence-corrected chi connectivity index (χ0v) is 8.16. The number of nitrogens with two attached hydrogens (primary N) is 1. The minimum Gasteiger partial charge on any atom is -0.472 e. The molecule has 2 nitrogen and oxygen atoms in total. The van der Waals surface area contributed by atoms with E-state index in [0.717, 1.165) is 11.1 Å². The molecule has 1 aromatic heterocycles. The fourth-order valence-corrected chi connectivity index (χ4v) is 1.52. The molecule has 0 spiro atoms. The van der Waals surface area contributed by atoms with Crippen molar-refractivity contribution < 1.29 is 4.42 Å². The van der Waals surface area contributed by atoms with Crippen molar-refractivity contribution in [3.63, 3.8) is 0 Å². The van der Waals surface area contributed by atoms with Gasteiger partial charge in [-0.1, -0.05) is 12.1 Å². The smallest absolute Gasteiger partial charge is 0.0981 e. The van der Waals surface area contributed by atoms with E-state index in [9.17, 15) is 0 Å². The minimum atomic E-state index is 0.575. The molecule has 0 aliphatic heterocycles. The van der Waals surface area contributed by atoms with Crippen molar-refractivity contribution in [1.82, 2.24) is 0 Å². The van der Waals surface area contributed by atoms with E-state index in [1.54, 1.807) is 12.5 Å². The van der Waals surface area contributed by atoms with E-state index in [2.05, 4.69) is 25.1 Å². The number of rotatable bonds is 2. The number of benzene rings is 1. The highest BCUT2D eigenvalue weighted by Gasteiger charge is 2.03. The summed E-state index contributed by atoms with van der Waals surface area (Å²) in [5.41, 5.74) is 10.3. The summed E-state index contributed by atoms with van der Waals surface area (Å²) < 4.78 is 5.07. The normalized spacial score (nSPS) is 10.4. The van der Waals surface area contributed by atoms with Gasteiger partial charge in [0.15, 0.2) is 0 Å². The maximum absolute atomic E-state index is 5.60. The summed E-state index contributed by atoms with van der Waals surface area (Å²) in [7, 11) is 0.